The normalized spacial score (nSPS) is 16.5. The SMILES string of the molecule is CCNC(=NCC(c1ccc(CC)cc1)N(C)C)NCCN1CCOCC1.I. The van der Waals surface area contributed by atoms with Crippen LogP contribution in [0.2, 0.25) is 0 Å². The lowest BCUT2D eigenvalue weighted by Crippen LogP contribution is -2.44. The van der Waals surface area contributed by atoms with E-state index in [4.69, 9.17) is 9.73 Å². The lowest BCUT2D eigenvalue weighted by atomic mass is 10.0. The summed E-state index contributed by atoms with van der Waals surface area (Å²) >= 11 is 0. The molecule has 1 unspecified atom stereocenters. The molecule has 0 bridgehead atoms. The Balaban J connectivity index is 0.00000392. The van der Waals surface area contributed by atoms with Crippen LogP contribution >= 0.6 is 24.0 Å². The van der Waals surface area contributed by atoms with Crippen LogP contribution in [0.4, 0.5) is 0 Å². The summed E-state index contributed by atoms with van der Waals surface area (Å²) in [5.74, 6) is 0.891. The number of benzene rings is 1. The fourth-order valence-corrected chi connectivity index (χ4v) is 3.22. The maximum absolute atomic E-state index is 5.41. The van der Waals surface area contributed by atoms with Crippen molar-refractivity contribution in [2.24, 2.45) is 4.99 Å². The van der Waals surface area contributed by atoms with E-state index in [0.717, 1.165) is 64.9 Å². The molecule has 1 aliphatic rings. The number of ether oxygens (including phenoxy) is 1. The van der Waals surface area contributed by atoms with Crippen molar-refractivity contribution < 1.29 is 4.74 Å². The van der Waals surface area contributed by atoms with E-state index < -0.39 is 0 Å². The van der Waals surface area contributed by atoms with Gasteiger partial charge in [0.15, 0.2) is 5.96 Å². The standard InChI is InChI=1S/C21H37N5O.HI/c1-5-18-7-9-19(10-8-18)20(25(3)4)17-24-21(22-6-2)23-11-12-26-13-15-27-16-14-26;/h7-10,20H,5-6,11-17H2,1-4H3,(H2,22,23,24);1H. The molecule has 28 heavy (non-hydrogen) atoms. The van der Waals surface area contributed by atoms with Gasteiger partial charge in [0.1, 0.15) is 0 Å². The van der Waals surface area contributed by atoms with Crippen LogP contribution in [0.5, 0.6) is 0 Å². The summed E-state index contributed by atoms with van der Waals surface area (Å²) in [5, 5.41) is 6.83. The van der Waals surface area contributed by atoms with Gasteiger partial charge in [0.2, 0.25) is 0 Å². The fraction of sp³-hybridized carbons (Fsp3) is 0.667. The van der Waals surface area contributed by atoms with Gasteiger partial charge in [-0.2, -0.15) is 0 Å². The molecule has 1 heterocycles. The van der Waals surface area contributed by atoms with E-state index in [2.05, 4.69) is 72.6 Å². The zero-order valence-electron chi connectivity index (χ0n) is 17.9. The highest BCUT2D eigenvalue weighted by Gasteiger charge is 2.14. The molecular weight excluding hydrogens is 465 g/mol. The monoisotopic (exact) mass is 503 g/mol. The van der Waals surface area contributed by atoms with E-state index in [-0.39, 0.29) is 30.0 Å². The number of likely N-dealkylation sites (N-methyl/N-ethyl adjacent to an activating group) is 1. The Morgan fingerprint density at radius 1 is 1.14 bits per heavy atom. The first-order valence-corrected chi connectivity index (χ1v) is 10.2. The molecule has 1 aliphatic heterocycles. The Kier molecular flexibility index (Phi) is 12.7. The molecule has 0 radical (unpaired) electrons. The molecule has 2 rings (SSSR count). The third-order valence-corrected chi connectivity index (χ3v) is 4.99. The van der Waals surface area contributed by atoms with Crippen LogP contribution in [0.1, 0.15) is 31.0 Å². The van der Waals surface area contributed by atoms with E-state index in [9.17, 15) is 0 Å². The molecule has 160 valence electrons. The minimum atomic E-state index is 0. The Morgan fingerprint density at radius 3 is 2.39 bits per heavy atom. The van der Waals surface area contributed by atoms with Crippen LogP contribution in [-0.4, -0.2) is 82.3 Å². The van der Waals surface area contributed by atoms with Gasteiger partial charge < -0.3 is 20.3 Å². The van der Waals surface area contributed by atoms with Crippen molar-refractivity contribution in [2.75, 3.05) is 66.6 Å². The molecule has 6 nitrogen and oxygen atoms in total. The Labute approximate surface area is 188 Å². The Morgan fingerprint density at radius 2 is 1.82 bits per heavy atom. The number of nitrogens with zero attached hydrogens (tertiary/aromatic N) is 3. The quantitative estimate of drug-likeness (QED) is 0.308. The minimum Gasteiger partial charge on any atom is -0.379 e. The average molecular weight is 503 g/mol. The van der Waals surface area contributed by atoms with Crippen molar-refractivity contribution in [1.29, 1.82) is 0 Å². The lowest BCUT2D eigenvalue weighted by Gasteiger charge is -2.27. The number of morpholine rings is 1. The van der Waals surface area contributed by atoms with Gasteiger partial charge in [-0.1, -0.05) is 31.2 Å². The zero-order valence-corrected chi connectivity index (χ0v) is 20.2. The number of aryl methyl sites for hydroxylation is 1. The topological polar surface area (TPSA) is 52.1 Å². The maximum Gasteiger partial charge on any atom is 0.191 e. The van der Waals surface area contributed by atoms with Crippen LogP contribution in [0.25, 0.3) is 0 Å². The van der Waals surface area contributed by atoms with Crippen molar-refractivity contribution in [3.05, 3.63) is 35.4 Å². The molecule has 1 aromatic rings. The molecule has 1 atom stereocenters. The van der Waals surface area contributed by atoms with Gasteiger partial charge in [-0.3, -0.25) is 9.89 Å². The number of hydrogen-bond acceptors (Lipinski definition) is 4. The largest absolute Gasteiger partial charge is 0.379 e. The van der Waals surface area contributed by atoms with Crippen LogP contribution in [0, 0.1) is 0 Å². The van der Waals surface area contributed by atoms with Crippen molar-refractivity contribution in [3.63, 3.8) is 0 Å². The van der Waals surface area contributed by atoms with Gasteiger partial charge in [-0.05, 0) is 38.6 Å². The van der Waals surface area contributed by atoms with Gasteiger partial charge in [0.05, 0.1) is 25.8 Å². The molecule has 0 saturated carbocycles. The number of halogens is 1. The van der Waals surface area contributed by atoms with Crippen molar-refractivity contribution in [2.45, 2.75) is 26.3 Å². The average Bonchev–Trinajstić information content (AvgIpc) is 2.69. The smallest absolute Gasteiger partial charge is 0.191 e. The zero-order chi connectivity index (χ0) is 19.5. The van der Waals surface area contributed by atoms with Crippen LogP contribution < -0.4 is 10.6 Å². The molecule has 1 aromatic carbocycles. The first-order chi connectivity index (χ1) is 13.1. The molecule has 1 saturated heterocycles. The van der Waals surface area contributed by atoms with Gasteiger partial charge in [-0.25, -0.2) is 0 Å². The highest BCUT2D eigenvalue weighted by molar-refractivity contribution is 14.0. The summed E-state index contributed by atoms with van der Waals surface area (Å²) in [6, 6.07) is 9.18. The van der Waals surface area contributed by atoms with E-state index in [1.165, 1.54) is 11.1 Å². The summed E-state index contributed by atoms with van der Waals surface area (Å²) in [6.45, 7) is 11.5. The summed E-state index contributed by atoms with van der Waals surface area (Å²) < 4.78 is 5.41. The minimum absolute atomic E-state index is 0. The van der Waals surface area contributed by atoms with E-state index in [1.54, 1.807) is 0 Å². The molecule has 0 spiro atoms. The molecule has 0 aliphatic carbocycles. The third kappa shape index (κ3) is 8.63. The second-order valence-electron chi connectivity index (χ2n) is 7.17. The molecule has 0 amide bonds. The highest BCUT2D eigenvalue weighted by Crippen LogP contribution is 2.19. The molecule has 0 aromatic heterocycles. The van der Waals surface area contributed by atoms with Gasteiger partial charge >= 0.3 is 0 Å². The lowest BCUT2D eigenvalue weighted by molar-refractivity contribution is 0.0389. The highest BCUT2D eigenvalue weighted by atomic mass is 127. The van der Waals surface area contributed by atoms with E-state index in [0.29, 0.717) is 0 Å². The van der Waals surface area contributed by atoms with Crippen LogP contribution in [-0.2, 0) is 11.2 Å². The number of nitrogens with one attached hydrogen (secondary N) is 2. The van der Waals surface area contributed by atoms with E-state index >= 15 is 0 Å². The summed E-state index contributed by atoms with van der Waals surface area (Å²) in [5.41, 5.74) is 2.68. The number of aliphatic imine (C=N–C) groups is 1. The Hall–Kier alpha value is -0.900. The predicted octanol–water partition coefficient (Wildman–Crippen LogP) is 2.36. The van der Waals surface area contributed by atoms with Crippen molar-refractivity contribution in [1.82, 2.24) is 20.4 Å². The first-order valence-electron chi connectivity index (χ1n) is 10.2. The number of guanidine groups is 1. The van der Waals surface area contributed by atoms with Crippen LogP contribution in [0.15, 0.2) is 29.3 Å². The third-order valence-electron chi connectivity index (χ3n) is 4.99. The van der Waals surface area contributed by atoms with Gasteiger partial charge in [0, 0.05) is 32.7 Å². The molecule has 2 N–H and O–H groups in total. The molecular formula is C21H38IN5O. The summed E-state index contributed by atoms with van der Waals surface area (Å²) in [6.07, 6.45) is 1.07. The second kappa shape index (κ2) is 14.1. The molecule has 1 fully saturated rings. The van der Waals surface area contributed by atoms with E-state index in [1.807, 2.05) is 0 Å². The predicted molar refractivity (Wildman–Crippen MR) is 129 cm³/mol. The first kappa shape index (κ1) is 25.1. The maximum atomic E-state index is 5.41. The number of hydrogen-bond donors (Lipinski definition) is 2. The number of rotatable bonds is 9. The summed E-state index contributed by atoms with van der Waals surface area (Å²) in [4.78, 5) is 9.51. The summed E-state index contributed by atoms with van der Waals surface area (Å²) in [7, 11) is 4.24. The molecule has 7 heteroatoms. The van der Waals surface area contributed by atoms with Gasteiger partial charge in [0.25, 0.3) is 0 Å². The van der Waals surface area contributed by atoms with Crippen molar-refractivity contribution in [3.8, 4) is 0 Å². The second-order valence-corrected chi connectivity index (χ2v) is 7.17. The van der Waals surface area contributed by atoms with Gasteiger partial charge in [-0.15, -0.1) is 24.0 Å². The van der Waals surface area contributed by atoms with Crippen LogP contribution in [0.3, 0.4) is 0 Å². The fourth-order valence-electron chi connectivity index (χ4n) is 3.22. The van der Waals surface area contributed by atoms with Crippen molar-refractivity contribution >= 4 is 29.9 Å². The Bertz CT molecular complexity index is 558.